The lowest BCUT2D eigenvalue weighted by atomic mass is 9.72. The molecule has 270 valence electrons. The third kappa shape index (κ3) is 7.49. The third-order valence-corrected chi connectivity index (χ3v) is 13.1. The Balaban J connectivity index is 0.926. The topological polar surface area (TPSA) is 78.6 Å². The summed E-state index contributed by atoms with van der Waals surface area (Å²) in [5, 5.41) is 9.28. The lowest BCUT2D eigenvalue weighted by Crippen LogP contribution is -2.59. The molecule has 51 heavy (non-hydrogen) atoms. The average Bonchev–Trinajstić information content (AvgIpc) is 3.45. The number of nitrogens with one attached hydrogen (secondary N) is 2. The van der Waals surface area contributed by atoms with Gasteiger partial charge in [0.05, 0.1) is 5.54 Å². The van der Waals surface area contributed by atoms with E-state index < -0.39 is 5.54 Å². The number of benzene rings is 3. The molecular weight excluding hydrogens is 675 g/mol. The number of carbonyl (C=O) groups excluding carboxylic acids is 1. The molecule has 1 aliphatic carbocycles. The number of fused-ring (bicyclic) bond motifs is 1. The summed E-state index contributed by atoms with van der Waals surface area (Å²) in [4.78, 5) is 18.0. The second-order valence-electron chi connectivity index (χ2n) is 16.0. The van der Waals surface area contributed by atoms with Crippen LogP contribution in [0.25, 0.3) is 22.0 Å². The second-order valence-corrected chi connectivity index (χ2v) is 16.8. The molecule has 7 nitrogen and oxygen atoms in total. The number of carbonyl (C=O) groups is 1. The zero-order chi connectivity index (χ0) is 35.0. The van der Waals surface area contributed by atoms with Crippen LogP contribution in [0, 0.1) is 5.41 Å². The van der Waals surface area contributed by atoms with Gasteiger partial charge in [0, 0.05) is 77.5 Å². The summed E-state index contributed by atoms with van der Waals surface area (Å²) in [5.74, 6) is 0.714. The highest BCUT2D eigenvalue weighted by atomic mass is 35.5. The Morgan fingerprint density at radius 2 is 1.63 bits per heavy atom. The first-order valence-corrected chi connectivity index (χ1v) is 19.9. The highest BCUT2D eigenvalue weighted by Gasteiger charge is 2.44. The lowest BCUT2D eigenvalue weighted by Gasteiger charge is -2.54. The molecule has 0 bridgehead atoms. The number of likely N-dealkylation sites (tertiary alicyclic amines) is 2. The fraction of sp³-hybridized carbons (Fsp3) is 0.500. The van der Waals surface area contributed by atoms with E-state index in [9.17, 15) is 4.79 Å². The van der Waals surface area contributed by atoms with E-state index in [-0.39, 0.29) is 5.91 Å². The first-order valence-electron chi connectivity index (χ1n) is 19.2. The van der Waals surface area contributed by atoms with Gasteiger partial charge >= 0.3 is 0 Å². The Kier molecular flexibility index (Phi) is 10.2. The van der Waals surface area contributed by atoms with Gasteiger partial charge in [-0.3, -0.25) is 14.6 Å². The van der Waals surface area contributed by atoms with E-state index in [1.54, 1.807) is 0 Å². The van der Waals surface area contributed by atoms with Crippen molar-refractivity contribution >= 4 is 40.0 Å². The van der Waals surface area contributed by atoms with Crippen molar-refractivity contribution < 1.29 is 4.79 Å². The maximum atomic E-state index is 12.9. The molecule has 4 aromatic rings. The molecule has 1 saturated carbocycles. The van der Waals surface area contributed by atoms with Crippen molar-refractivity contribution in [2.75, 3.05) is 45.8 Å². The molecule has 0 unspecified atom stereocenters. The second kappa shape index (κ2) is 14.8. The summed E-state index contributed by atoms with van der Waals surface area (Å²) in [5.41, 5.74) is 13.8. The Bertz CT molecular complexity index is 1820. The average molecular weight is 728 g/mol. The Labute approximate surface area is 312 Å². The molecule has 4 N–H and O–H groups in total. The van der Waals surface area contributed by atoms with Gasteiger partial charge in [-0.15, -0.1) is 0 Å². The number of rotatable bonds is 11. The minimum Gasteiger partial charge on any atom is -0.354 e. The molecular formula is C42H52Cl2N6O. The number of halogens is 2. The maximum Gasteiger partial charge on any atom is 0.240 e. The van der Waals surface area contributed by atoms with Gasteiger partial charge in [-0.05, 0) is 123 Å². The molecule has 4 heterocycles. The van der Waals surface area contributed by atoms with Gasteiger partial charge in [0.1, 0.15) is 0 Å². The van der Waals surface area contributed by atoms with Crippen LogP contribution in [-0.4, -0.2) is 71.6 Å². The van der Waals surface area contributed by atoms with Crippen molar-refractivity contribution in [3.63, 3.8) is 0 Å². The molecule has 1 spiro atoms. The van der Waals surface area contributed by atoms with Crippen molar-refractivity contribution in [3.8, 4) is 11.1 Å². The monoisotopic (exact) mass is 726 g/mol. The van der Waals surface area contributed by atoms with Crippen molar-refractivity contribution in [3.05, 3.63) is 93.6 Å². The first-order chi connectivity index (χ1) is 24.8. The predicted octanol–water partition coefficient (Wildman–Crippen LogP) is 7.57. The fourth-order valence-electron chi connectivity index (χ4n) is 8.94. The van der Waals surface area contributed by atoms with E-state index in [2.05, 4.69) is 73.7 Å². The molecule has 0 radical (unpaired) electrons. The highest BCUT2D eigenvalue weighted by Crippen LogP contribution is 2.43. The normalized spacial score (nSPS) is 20.7. The van der Waals surface area contributed by atoms with Gasteiger partial charge in [-0.2, -0.15) is 0 Å². The molecule has 4 aliphatic rings. The third-order valence-electron chi connectivity index (χ3n) is 12.4. The van der Waals surface area contributed by atoms with Gasteiger partial charge < -0.3 is 20.9 Å². The van der Waals surface area contributed by atoms with E-state index in [1.807, 2.05) is 18.2 Å². The molecule has 3 saturated heterocycles. The number of aryl methyl sites for hydroxylation is 1. The summed E-state index contributed by atoms with van der Waals surface area (Å²) in [7, 11) is 0. The molecule has 4 fully saturated rings. The van der Waals surface area contributed by atoms with Crippen LogP contribution in [0.2, 0.25) is 10.0 Å². The number of aromatic nitrogens is 1. The van der Waals surface area contributed by atoms with Gasteiger partial charge in [0.25, 0.3) is 0 Å². The van der Waals surface area contributed by atoms with E-state index in [4.69, 9.17) is 28.9 Å². The van der Waals surface area contributed by atoms with Gasteiger partial charge in [0.15, 0.2) is 0 Å². The minimum absolute atomic E-state index is 0.0153. The fourth-order valence-corrected chi connectivity index (χ4v) is 9.46. The van der Waals surface area contributed by atoms with Crippen LogP contribution in [-0.2, 0) is 24.4 Å². The summed E-state index contributed by atoms with van der Waals surface area (Å²) >= 11 is 12.9. The maximum absolute atomic E-state index is 12.9. The summed E-state index contributed by atoms with van der Waals surface area (Å²) < 4.78 is 2.38. The highest BCUT2D eigenvalue weighted by molar-refractivity contribution is 6.36. The first kappa shape index (κ1) is 35.1. The van der Waals surface area contributed by atoms with Gasteiger partial charge in [-0.1, -0.05) is 66.0 Å². The largest absolute Gasteiger partial charge is 0.354 e. The summed E-state index contributed by atoms with van der Waals surface area (Å²) in [6.07, 6.45) is 11.0. The Morgan fingerprint density at radius 3 is 2.31 bits per heavy atom. The lowest BCUT2D eigenvalue weighted by molar-refractivity contribution is -0.127. The SMILES string of the molecule is NC1(C(=O)NCCCn2cc(-c3ccc(C4CCC4)cc3)c3cc(CN4CCC5(CC4)CN(Cc4c(Cl)cccc4Cl)C5)ccc32)CCNCC1. The number of nitrogens with zero attached hydrogens (tertiary/aromatic N) is 3. The number of hydrogen-bond donors (Lipinski definition) is 3. The summed E-state index contributed by atoms with van der Waals surface area (Å²) in [6, 6.07) is 22.2. The van der Waals surface area contributed by atoms with Crippen LogP contribution < -0.4 is 16.4 Å². The standard InChI is InChI=1S/C42H52Cl2N6O/c43-37-6-2-7-38(44)36(37)26-49-28-41(29-49)16-22-48(23-17-41)25-30-8-13-39-34(24-30)35(33-11-9-32(10-12-33)31-4-1-5-31)27-50(39)21-3-18-47-40(51)42(45)14-19-46-20-15-42/h2,6-13,24,27,31,46H,1,3-5,14-23,25-26,28-29,45H2,(H,47,51). The van der Waals surface area contributed by atoms with Crippen molar-refractivity contribution in [1.29, 1.82) is 0 Å². The van der Waals surface area contributed by atoms with Crippen molar-refractivity contribution in [1.82, 2.24) is 25.0 Å². The molecule has 1 amide bonds. The Morgan fingerprint density at radius 1 is 0.902 bits per heavy atom. The minimum atomic E-state index is -0.750. The molecule has 0 atom stereocenters. The molecule has 8 rings (SSSR count). The van der Waals surface area contributed by atoms with Crippen LogP contribution in [0.15, 0.2) is 66.9 Å². The summed E-state index contributed by atoms with van der Waals surface area (Å²) in [6.45, 7) is 9.35. The molecule has 1 aromatic heterocycles. The van der Waals surface area contributed by atoms with Crippen LogP contribution in [0.1, 0.15) is 74.0 Å². The zero-order valence-corrected chi connectivity index (χ0v) is 31.3. The van der Waals surface area contributed by atoms with E-state index in [0.717, 1.165) is 86.9 Å². The van der Waals surface area contributed by atoms with Crippen LogP contribution in [0.4, 0.5) is 0 Å². The number of hydrogen-bond acceptors (Lipinski definition) is 5. The molecule has 3 aromatic carbocycles. The van der Waals surface area contributed by atoms with E-state index >= 15 is 0 Å². The molecule has 9 heteroatoms. The van der Waals surface area contributed by atoms with Crippen LogP contribution in [0.3, 0.4) is 0 Å². The van der Waals surface area contributed by atoms with Crippen molar-refractivity contribution in [2.24, 2.45) is 11.1 Å². The Hall–Kier alpha value is -2.91. The van der Waals surface area contributed by atoms with Gasteiger partial charge in [-0.25, -0.2) is 0 Å². The van der Waals surface area contributed by atoms with Crippen LogP contribution in [0.5, 0.6) is 0 Å². The number of amides is 1. The van der Waals surface area contributed by atoms with E-state index in [0.29, 0.717) is 24.8 Å². The zero-order valence-electron chi connectivity index (χ0n) is 29.7. The number of nitrogens with two attached hydrogens (primary N) is 1. The van der Waals surface area contributed by atoms with Crippen molar-refractivity contribution in [2.45, 2.75) is 82.5 Å². The quantitative estimate of drug-likeness (QED) is 0.139. The smallest absolute Gasteiger partial charge is 0.240 e. The van der Waals surface area contributed by atoms with Crippen LogP contribution >= 0.6 is 23.2 Å². The molecule has 3 aliphatic heterocycles. The number of piperidine rings is 2. The van der Waals surface area contributed by atoms with Gasteiger partial charge in [0.2, 0.25) is 5.91 Å². The predicted molar refractivity (Wildman–Crippen MR) is 209 cm³/mol. The van der Waals surface area contributed by atoms with E-state index in [1.165, 1.54) is 65.3 Å².